The van der Waals surface area contributed by atoms with Crippen LogP contribution in [0, 0.1) is 11.7 Å². The number of nitrogens with zero attached hydrogens (tertiary/aromatic N) is 2. The molecule has 27 heavy (non-hydrogen) atoms. The van der Waals surface area contributed by atoms with Crippen molar-refractivity contribution in [2.45, 2.75) is 31.7 Å². The monoisotopic (exact) mass is 366 g/mol. The lowest BCUT2D eigenvalue weighted by Gasteiger charge is -2.34. The Bertz CT molecular complexity index is 831. The number of imide groups is 1. The number of carbonyl (C=O) groups is 2. The molecule has 1 atom stereocenters. The molecule has 0 aromatic heterocycles. The van der Waals surface area contributed by atoms with Gasteiger partial charge < -0.3 is 0 Å². The van der Waals surface area contributed by atoms with E-state index in [1.54, 1.807) is 12.1 Å². The molecule has 2 aromatic rings. The minimum Gasteiger partial charge on any atom is -0.292 e. The minimum atomic E-state index is -0.540. The Morgan fingerprint density at radius 2 is 1.59 bits per heavy atom. The number of likely N-dealkylation sites (tertiary alicyclic amines) is 1. The fourth-order valence-corrected chi connectivity index (χ4v) is 4.20. The smallest absolute Gasteiger partial charge is 0.251 e. The van der Waals surface area contributed by atoms with Crippen molar-refractivity contribution in [1.29, 1.82) is 0 Å². The largest absolute Gasteiger partial charge is 0.292 e. The number of carbonyl (C=O) groups excluding carboxylic acids is 2. The lowest BCUT2D eigenvalue weighted by molar-refractivity contribution is -0.123. The molecule has 2 heterocycles. The summed E-state index contributed by atoms with van der Waals surface area (Å²) < 4.78 is 14.1. The molecule has 1 unspecified atom stereocenters. The average molecular weight is 366 g/mol. The third-order valence-electron chi connectivity index (χ3n) is 5.67. The third-order valence-corrected chi connectivity index (χ3v) is 5.67. The summed E-state index contributed by atoms with van der Waals surface area (Å²) in [6.07, 6.45) is 3.20. The Morgan fingerprint density at radius 1 is 0.926 bits per heavy atom. The van der Waals surface area contributed by atoms with Crippen LogP contribution in [0.2, 0.25) is 0 Å². The van der Waals surface area contributed by atoms with Gasteiger partial charge in [0.05, 0.1) is 18.2 Å². The number of rotatable bonds is 4. The molecule has 5 heteroatoms. The van der Waals surface area contributed by atoms with Crippen molar-refractivity contribution >= 4 is 17.5 Å². The number of piperidine rings is 1. The zero-order valence-corrected chi connectivity index (χ0v) is 15.2. The van der Waals surface area contributed by atoms with E-state index in [9.17, 15) is 14.0 Å². The Morgan fingerprint density at radius 3 is 2.30 bits per heavy atom. The SMILES string of the molecule is O=C1CC(N2CCC(Cc3ccccc3)CC2)C(=O)N1c1ccccc1F. The summed E-state index contributed by atoms with van der Waals surface area (Å²) in [5.41, 5.74) is 1.41. The zero-order chi connectivity index (χ0) is 18.8. The summed E-state index contributed by atoms with van der Waals surface area (Å²) in [7, 11) is 0. The molecule has 0 radical (unpaired) electrons. The van der Waals surface area contributed by atoms with Crippen molar-refractivity contribution < 1.29 is 14.0 Å². The van der Waals surface area contributed by atoms with Crippen LogP contribution in [-0.2, 0) is 16.0 Å². The van der Waals surface area contributed by atoms with Gasteiger partial charge in [-0.15, -0.1) is 0 Å². The predicted octanol–water partition coefficient (Wildman–Crippen LogP) is 3.41. The third kappa shape index (κ3) is 3.65. The Labute approximate surface area is 158 Å². The van der Waals surface area contributed by atoms with Crippen molar-refractivity contribution in [3.8, 4) is 0 Å². The Kier molecular flexibility index (Phi) is 5.03. The van der Waals surface area contributed by atoms with E-state index < -0.39 is 11.9 Å². The predicted molar refractivity (Wildman–Crippen MR) is 102 cm³/mol. The molecule has 140 valence electrons. The maximum Gasteiger partial charge on any atom is 0.251 e. The van der Waals surface area contributed by atoms with Gasteiger partial charge in [0.2, 0.25) is 5.91 Å². The van der Waals surface area contributed by atoms with Gasteiger partial charge in [-0.2, -0.15) is 0 Å². The standard InChI is InChI=1S/C22H23FN2O2/c23-18-8-4-5-9-19(18)25-21(26)15-20(22(25)27)24-12-10-17(11-13-24)14-16-6-2-1-3-7-16/h1-9,17,20H,10-15H2. The van der Waals surface area contributed by atoms with E-state index in [4.69, 9.17) is 0 Å². The molecule has 0 N–H and O–H groups in total. The van der Waals surface area contributed by atoms with Gasteiger partial charge in [-0.05, 0) is 56.0 Å². The highest BCUT2D eigenvalue weighted by molar-refractivity contribution is 6.22. The summed E-state index contributed by atoms with van der Waals surface area (Å²) in [6.45, 7) is 1.60. The first-order chi connectivity index (χ1) is 13.1. The minimum absolute atomic E-state index is 0.0639. The number of hydrogen-bond acceptors (Lipinski definition) is 3. The molecule has 2 saturated heterocycles. The highest BCUT2D eigenvalue weighted by Gasteiger charge is 2.44. The topological polar surface area (TPSA) is 40.6 Å². The number of amides is 2. The van der Waals surface area contributed by atoms with Crippen LogP contribution < -0.4 is 4.90 Å². The van der Waals surface area contributed by atoms with Gasteiger partial charge >= 0.3 is 0 Å². The quantitative estimate of drug-likeness (QED) is 0.779. The van der Waals surface area contributed by atoms with Crippen LogP contribution in [0.4, 0.5) is 10.1 Å². The van der Waals surface area contributed by atoms with Crippen LogP contribution in [0.25, 0.3) is 0 Å². The second-order valence-electron chi connectivity index (χ2n) is 7.41. The fraction of sp³-hybridized carbons (Fsp3) is 0.364. The van der Waals surface area contributed by atoms with Crippen LogP contribution in [0.15, 0.2) is 54.6 Å². The zero-order valence-electron chi connectivity index (χ0n) is 15.2. The average Bonchev–Trinajstić information content (AvgIpc) is 2.98. The molecular formula is C22H23FN2O2. The van der Waals surface area contributed by atoms with Crippen LogP contribution in [0.3, 0.4) is 0 Å². The van der Waals surface area contributed by atoms with Crippen molar-refractivity contribution in [2.24, 2.45) is 5.92 Å². The molecule has 0 spiro atoms. The van der Waals surface area contributed by atoms with E-state index >= 15 is 0 Å². The number of benzene rings is 2. The first-order valence-corrected chi connectivity index (χ1v) is 9.53. The van der Waals surface area contributed by atoms with Gasteiger partial charge in [0.25, 0.3) is 5.91 Å². The lowest BCUT2D eigenvalue weighted by atomic mass is 9.89. The maximum atomic E-state index is 14.1. The first kappa shape index (κ1) is 17.9. The molecular weight excluding hydrogens is 343 g/mol. The summed E-state index contributed by atoms with van der Waals surface area (Å²) in [4.78, 5) is 28.4. The molecule has 2 aliphatic rings. The van der Waals surface area contributed by atoms with Crippen molar-refractivity contribution in [3.63, 3.8) is 0 Å². The number of halogens is 1. The highest BCUT2D eigenvalue weighted by Crippen LogP contribution is 2.30. The van der Waals surface area contributed by atoms with E-state index in [1.807, 2.05) is 6.07 Å². The highest BCUT2D eigenvalue weighted by atomic mass is 19.1. The number of hydrogen-bond donors (Lipinski definition) is 0. The Balaban J connectivity index is 1.40. The maximum absolute atomic E-state index is 14.1. The fourth-order valence-electron chi connectivity index (χ4n) is 4.20. The van der Waals surface area contributed by atoms with Gasteiger partial charge in [0.1, 0.15) is 5.82 Å². The lowest BCUT2D eigenvalue weighted by Crippen LogP contribution is -2.46. The molecule has 0 aliphatic carbocycles. The van der Waals surface area contributed by atoms with Crippen molar-refractivity contribution in [3.05, 3.63) is 66.0 Å². The summed E-state index contributed by atoms with van der Waals surface area (Å²) in [5.74, 6) is -0.562. The van der Waals surface area contributed by atoms with Gasteiger partial charge in [-0.1, -0.05) is 42.5 Å². The summed E-state index contributed by atoms with van der Waals surface area (Å²) in [5, 5.41) is 0. The van der Waals surface area contributed by atoms with Crippen LogP contribution in [0.5, 0.6) is 0 Å². The summed E-state index contributed by atoms with van der Waals surface area (Å²) in [6, 6.07) is 15.9. The molecule has 0 saturated carbocycles. The van der Waals surface area contributed by atoms with E-state index in [0.717, 1.165) is 37.3 Å². The van der Waals surface area contributed by atoms with Gasteiger partial charge in [0, 0.05) is 0 Å². The van der Waals surface area contributed by atoms with Gasteiger partial charge in [-0.25, -0.2) is 9.29 Å². The number of anilines is 1. The molecule has 2 aromatic carbocycles. The van der Waals surface area contributed by atoms with Crippen LogP contribution >= 0.6 is 0 Å². The molecule has 4 rings (SSSR count). The second kappa shape index (κ2) is 7.61. The molecule has 2 fully saturated rings. The molecule has 2 aliphatic heterocycles. The van der Waals surface area contributed by atoms with Crippen molar-refractivity contribution in [2.75, 3.05) is 18.0 Å². The first-order valence-electron chi connectivity index (χ1n) is 9.53. The normalized spacial score (nSPS) is 21.8. The van der Waals surface area contributed by atoms with E-state index in [0.29, 0.717) is 5.92 Å². The molecule has 4 nitrogen and oxygen atoms in total. The number of para-hydroxylation sites is 1. The van der Waals surface area contributed by atoms with E-state index in [1.165, 1.54) is 17.7 Å². The summed E-state index contributed by atoms with van der Waals surface area (Å²) >= 11 is 0. The van der Waals surface area contributed by atoms with E-state index in [2.05, 4.69) is 29.2 Å². The molecule has 2 amide bonds. The van der Waals surface area contributed by atoms with Crippen LogP contribution in [0.1, 0.15) is 24.8 Å². The van der Waals surface area contributed by atoms with Crippen molar-refractivity contribution in [1.82, 2.24) is 4.90 Å². The Hall–Kier alpha value is -2.53. The van der Waals surface area contributed by atoms with Gasteiger partial charge in [-0.3, -0.25) is 14.5 Å². The molecule has 0 bridgehead atoms. The second-order valence-corrected chi connectivity index (χ2v) is 7.41. The van der Waals surface area contributed by atoms with Crippen LogP contribution in [-0.4, -0.2) is 35.8 Å². The van der Waals surface area contributed by atoms with Gasteiger partial charge in [0.15, 0.2) is 0 Å². The van der Waals surface area contributed by atoms with E-state index in [-0.39, 0.29) is 23.9 Å².